The van der Waals surface area contributed by atoms with Crippen LogP contribution in [-0.2, 0) is 4.79 Å². The van der Waals surface area contributed by atoms with Crippen LogP contribution in [0.3, 0.4) is 0 Å². The standard InChI is InChI=1S/C10H20N4O2S/c1-17-7-2-10(15)14-5-3-13(4-6-14)8-9(11)12-16/h16H,2-8H2,1H3,(H2,11,12). The number of piperazine rings is 1. The van der Waals surface area contributed by atoms with E-state index in [1.165, 1.54) is 0 Å². The van der Waals surface area contributed by atoms with Crippen LogP contribution in [0, 0.1) is 0 Å². The molecule has 1 heterocycles. The molecule has 1 aliphatic heterocycles. The van der Waals surface area contributed by atoms with Crippen LogP contribution in [-0.4, -0.2) is 71.5 Å². The molecule has 0 aliphatic carbocycles. The topological polar surface area (TPSA) is 82.2 Å². The third kappa shape index (κ3) is 4.82. The Kier molecular flexibility index (Phi) is 6.13. The first-order valence-corrected chi connectivity index (χ1v) is 7.02. The molecular formula is C10H20N4O2S. The fourth-order valence-corrected chi connectivity index (χ4v) is 2.14. The maximum atomic E-state index is 11.7. The molecule has 1 fully saturated rings. The van der Waals surface area contributed by atoms with Crippen LogP contribution in [0.5, 0.6) is 0 Å². The lowest BCUT2D eigenvalue weighted by molar-refractivity contribution is -0.132. The van der Waals surface area contributed by atoms with Crippen molar-refractivity contribution in [3.63, 3.8) is 0 Å². The number of amidine groups is 1. The number of nitrogens with two attached hydrogens (primary N) is 1. The van der Waals surface area contributed by atoms with Crippen LogP contribution in [0.1, 0.15) is 6.42 Å². The highest BCUT2D eigenvalue weighted by Gasteiger charge is 2.20. The number of amides is 1. The van der Waals surface area contributed by atoms with Gasteiger partial charge in [0.15, 0.2) is 5.84 Å². The van der Waals surface area contributed by atoms with Gasteiger partial charge in [-0.25, -0.2) is 0 Å². The zero-order valence-electron chi connectivity index (χ0n) is 10.1. The zero-order valence-corrected chi connectivity index (χ0v) is 10.9. The Bertz CT molecular complexity index is 277. The average molecular weight is 260 g/mol. The van der Waals surface area contributed by atoms with Gasteiger partial charge in [-0.1, -0.05) is 5.16 Å². The van der Waals surface area contributed by atoms with E-state index in [0.717, 1.165) is 31.9 Å². The summed E-state index contributed by atoms with van der Waals surface area (Å²) in [6, 6.07) is 0. The van der Waals surface area contributed by atoms with E-state index in [9.17, 15) is 4.79 Å². The molecule has 0 aromatic rings. The molecule has 0 saturated carbocycles. The molecule has 0 radical (unpaired) electrons. The van der Waals surface area contributed by atoms with Crippen LogP contribution in [0.15, 0.2) is 5.16 Å². The number of carbonyl (C=O) groups is 1. The van der Waals surface area contributed by atoms with Gasteiger partial charge in [-0.15, -0.1) is 0 Å². The highest BCUT2D eigenvalue weighted by Crippen LogP contribution is 2.05. The van der Waals surface area contributed by atoms with Crippen molar-refractivity contribution in [3.05, 3.63) is 0 Å². The van der Waals surface area contributed by atoms with E-state index in [2.05, 4.69) is 10.1 Å². The van der Waals surface area contributed by atoms with Gasteiger partial charge < -0.3 is 15.8 Å². The largest absolute Gasteiger partial charge is 0.409 e. The van der Waals surface area contributed by atoms with Crippen LogP contribution in [0.25, 0.3) is 0 Å². The molecule has 6 nitrogen and oxygen atoms in total. The number of nitrogens with zero attached hydrogens (tertiary/aromatic N) is 3. The Labute approximate surface area is 106 Å². The highest BCUT2D eigenvalue weighted by molar-refractivity contribution is 7.98. The van der Waals surface area contributed by atoms with Gasteiger partial charge in [0.05, 0.1) is 6.54 Å². The number of hydrogen-bond donors (Lipinski definition) is 2. The van der Waals surface area contributed by atoms with Crippen molar-refractivity contribution < 1.29 is 10.0 Å². The van der Waals surface area contributed by atoms with E-state index in [-0.39, 0.29) is 11.7 Å². The van der Waals surface area contributed by atoms with E-state index in [4.69, 9.17) is 10.9 Å². The number of oxime groups is 1. The lowest BCUT2D eigenvalue weighted by Crippen LogP contribution is -2.50. The van der Waals surface area contributed by atoms with Gasteiger partial charge in [0.2, 0.25) is 5.91 Å². The van der Waals surface area contributed by atoms with Crippen molar-refractivity contribution in [3.8, 4) is 0 Å². The van der Waals surface area contributed by atoms with E-state index in [0.29, 0.717) is 13.0 Å². The van der Waals surface area contributed by atoms with Gasteiger partial charge in [-0.3, -0.25) is 9.69 Å². The Hall–Kier alpha value is -0.950. The summed E-state index contributed by atoms with van der Waals surface area (Å²) >= 11 is 1.69. The molecule has 0 aromatic carbocycles. The molecule has 0 unspecified atom stereocenters. The minimum absolute atomic E-state index is 0.215. The summed E-state index contributed by atoms with van der Waals surface area (Å²) < 4.78 is 0. The van der Waals surface area contributed by atoms with Gasteiger partial charge in [-0.2, -0.15) is 11.8 Å². The van der Waals surface area contributed by atoms with E-state index in [1.807, 2.05) is 11.2 Å². The lowest BCUT2D eigenvalue weighted by Gasteiger charge is -2.34. The van der Waals surface area contributed by atoms with Gasteiger partial charge in [0.25, 0.3) is 0 Å². The summed E-state index contributed by atoms with van der Waals surface area (Å²) in [5.41, 5.74) is 5.44. The van der Waals surface area contributed by atoms with Crippen molar-refractivity contribution in [1.82, 2.24) is 9.80 Å². The second kappa shape index (κ2) is 7.39. The summed E-state index contributed by atoms with van der Waals surface area (Å²) in [5.74, 6) is 1.32. The Morgan fingerprint density at radius 3 is 2.59 bits per heavy atom. The molecule has 3 N–H and O–H groups in total. The van der Waals surface area contributed by atoms with E-state index >= 15 is 0 Å². The third-order valence-corrected chi connectivity index (χ3v) is 3.37. The van der Waals surface area contributed by atoms with E-state index in [1.54, 1.807) is 11.8 Å². The minimum Gasteiger partial charge on any atom is -0.409 e. The first-order chi connectivity index (χ1) is 8.17. The third-order valence-electron chi connectivity index (χ3n) is 2.76. The number of rotatable bonds is 5. The smallest absolute Gasteiger partial charge is 0.223 e. The van der Waals surface area contributed by atoms with Crippen LogP contribution < -0.4 is 5.73 Å². The van der Waals surface area contributed by atoms with Gasteiger partial charge in [-0.05, 0) is 6.26 Å². The average Bonchev–Trinajstić information content (AvgIpc) is 2.36. The second-order valence-electron chi connectivity index (χ2n) is 3.99. The van der Waals surface area contributed by atoms with Gasteiger partial charge in [0.1, 0.15) is 0 Å². The molecule has 7 heteroatoms. The van der Waals surface area contributed by atoms with Crippen LogP contribution in [0.4, 0.5) is 0 Å². The van der Waals surface area contributed by atoms with Gasteiger partial charge in [0, 0.05) is 38.4 Å². The lowest BCUT2D eigenvalue weighted by atomic mass is 10.3. The minimum atomic E-state index is 0.215. The predicted molar refractivity (Wildman–Crippen MR) is 69.4 cm³/mol. The Morgan fingerprint density at radius 2 is 2.06 bits per heavy atom. The molecule has 0 atom stereocenters. The second-order valence-corrected chi connectivity index (χ2v) is 4.98. The molecule has 0 bridgehead atoms. The summed E-state index contributed by atoms with van der Waals surface area (Å²) in [5, 5.41) is 11.4. The summed E-state index contributed by atoms with van der Waals surface area (Å²) in [7, 11) is 0. The molecule has 1 aliphatic rings. The number of hydrogen-bond acceptors (Lipinski definition) is 5. The van der Waals surface area contributed by atoms with E-state index < -0.39 is 0 Å². The molecule has 98 valence electrons. The van der Waals surface area contributed by atoms with Crippen molar-refractivity contribution in [2.24, 2.45) is 10.9 Å². The van der Waals surface area contributed by atoms with Gasteiger partial charge >= 0.3 is 0 Å². The summed E-state index contributed by atoms with van der Waals surface area (Å²) in [4.78, 5) is 15.7. The van der Waals surface area contributed by atoms with Crippen LogP contribution >= 0.6 is 11.8 Å². The maximum Gasteiger partial charge on any atom is 0.223 e. The number of carbonyl (C=O) groups excluding carboxylic acids is 1. The Balaban J connectivity index is 2.28. The van der Waals surface area contributed by atoms with Crippen LogP contribution in [0.2, 0.25) is 0 Å². The number of thioether (sulfide) groups is 1. The van der Waals surface area contributed by atoms with Crippen molar-refractivity contribution >= 4 is 23.5 Å². The van der Waals surface area contributed by atoms with Crippen molar-refractivity contribution in [2.45, 2.75) is 6.42 Å². The van der Waals surface area contributed by atoms with Crippen molar-refractivity contribution in [2.75, 3.05) is 44.7 Å². The molecule has 0 aromatic heterocycles. The Morgan fingerprint density at radius 1 is 1.41 bits per heavy atom. The molecule has 1 rings (SSSR count). The zero-order chi connectivity index (χ0) is 12.7. The highest BCUT2D eigenvalue weighted by atomic mass is 32.2. The van der Waals surface area contributed by atoms with Crippen molar-refractivity contribution in [1.29, 1.82) is 0 Å². The quantitative estimate of drug-likeness (QED) is 0.305. The summed E-state index contributed by atoms with van der Waals surface area (Å²) in [6.07, 6.45) is 2.61. The molecule has 0 spiro atoms. The fraction of sp³-hybridized carbons (Fsp3) is 0.800. The summed E-state index contributed by atoms with van der Waals surface area (Å²) in [6.45, 7) is 3.48. The predicted octanol–water partition coefficient (Wildman–Crippen LogP) is -0.370. The first kappa shape index (κ1) is 14.1. The molecule has 17 heavy (non-hydrogen) atoms. The normalized spacial score (nSPS) is 18.4. The monoisotopic (exact) mass is 260 g/mol. The first-order valence-electron chi connectivity index (χ1n) is 5.63. The maximum absolute atomic E-state index is 11.7. The molecular weight excluding hydrogens is 240 g/mol. The SMILES string of the molecule is CSCCC(=O)N1CCN(CC(N)=NO)CC1. The molecule has 1 saturated heterocycles. The fourth-order valence-electron chi connectivity index (χ4n) is 1.76. The molecule has 1 amide bonds.